The molecule has 0 fully saturated rings. The maximum absolute atomic E-state index is 12.6. The van der Waals surface area contributed by atoms with Crippen molar-refractivity contribution in [2.24, 2.45) is 5.10 Å². The van der Waals surface area contributed by atoms with Crippen LogP contribution in [0, 0.1) is 6.92 Å². The number of rotatable bonds is 12. The van der Waals surface area contributed by atoms with Crippen LogP contribution in [-0.2, 0) is 6.61 Å². The van der Waals surface area contributed by atoms with Crippen molar-refractivity contribution in [1.82, 2.24) is 5.43 Å². The topological polar surface area (TPSA) is 95.5 Å². The van der Waals surface area contributed by atoms with Crippen molar-refractivity contribution in [1.29, 1.82) is 0 Å². The Bertz CT molecular complexity index is 1480. The summed E-state index contributed by atoms with van der Waals surface area (Å²) in [6.07, 6.45) is 1.48. The van der Waals surface area contributed by atoms with Crippen molar-refractivity contribution >= 4 is 18.1 Å². The molecule has 0 aliphatic rings. The summed E-state index contributed by atoms with van der Waals surface area (Å²) in [6.45, 7) is 7.12. The quantitative estimate of drug-likeness (QED) is 0.0952. The Morgan fingerprint density at radius 1 is 0.732 bits per heavy atom. The van der Waals surface area contributed by atoms with Crippen LogP contribution in [-0.4, -0.2) is 31.3 Å². The molecule has 8 nitrogen and oxygen atoms in total. The summed E-state index contributed by atoms with van der Waals surface area (Å²) < 4.78 is 22.4. The van der Waals surface area contributed by atoms with E-state index in [4.69, 9.17) is 18.9 Å². The minimum Gasteiger partial charge on any atom is -0.494 e. The first kappa shape index (κ1) is 28.9. The van der Waals surface area contributed by atoms with Gasteiger partial charge in [0, 0.05) is 5.56 Å². The van der Waals surface area contributed by atoms with E-state index in [9.17, 15) is 9.59 Å². The second-order valence-corrected chi connectivity index (χ2v) is 8.98. The molecule has 210 valence electrons. The van der Waals surface area contributed by atoms with Crippen molar-refractivity contribution in [2.75, 3.05) is 13.2 Å². The average molecular weight is 553 g/mol. The standard InChI is InChI=1S/C33H32N2O6/c1-4-38-28-17-13-27(14-18-28)33(37)41-30-19-10-25(20-31(30)39-5-2)21-34-35-32(36)26-11-15-29(16-12-26)40-22-24-8-6-23(3)7-9-24/h6-21H,4-5,22H2,1-3H3,(H,35,36)/b34-21+. The van der Waals surface area contributed by atoms with Gasteiger partial charge in [-0.25, -0.2) is 10.2 Å². The highest BCUT2D eigenvalue weighted by Crippen LogP contribution is 2.29. The summed E-state index contributed by atoms with van der Waals surface area (Å²) in [7, 11) is 0. The zero-order valence-corrected chi connectivity index (χ0v) is 23.3. The summed E-state index contributed by atoms with van der Waals surface area (Å²) in [6, 6.07) is 26.7. The minimum atomic E-state index is -0.519. The number of benzene rings is 4. The normalized spacial score (nSPS) is 10.7. The molecular weight excluding hydrogens is 520 g/mol. The smallest absolute Gasteiger partial charge is 0.343 e. The van der Waals surface area contributed by atoms with Gasteiger partial charge in [0.1, 0.15) is 18.1 Å². The lowest BCUT2D eigenvalue weighted by Crippen LogP contribution is -2.17. The Labute approximate surface area is 239 Å². The second-order valence-electron chi connectivity index (χ2n) is 8.98. The lowest BCUT2D eigenvalue weighted by Gasteiger charge is -2.11. The molecule has 4 rings (SSSR count). The van der Waals surface area contributed by atoms with Crippen LogP contribution in [0.2, 0.25) is 0 Å². The van der Waals surface area contributed by atoms with E-state index in [1.165, 1.54) is 11.8 Å². The predicted octanol–water partition coefficient (Wildman–Crippen LogP) is 6.35. The van der Waals surface area contributed by atoms with Gasteiger partial charge in [-0.15, -0.1) is 0 Å². The van der Waals surface area contributed by atoms with Crippen LogP contribution in [0.4, 0.5) is 0 Å². The number of hydrazone groups is 1. The van der Waals surface area contributed by atoms with Gasteiger partial charge in [-0.3, -0.25) is 4.79 Å². The fraction of sp³-hybridized carbons (Fsp3) is 0.182. The molecule has 4 aromatic carbocycles. The van der Waals surface area contributed by atoms with Crippen molar-refractivity contribution in [3.05, 3.63) is 119 Å². The SMILES string of the molecule is CCOc1ccc(C(=O)Oc2ccc(/C=N/NC(=O)c3ccc(OCc4ccc(C)cc4)cc3)cc2OCC)cc1. The number of amides is 1. The summed E-state index contributed by atoms with van der Waals surface area (Å²) >= 11 is 0. The molecule has 0 heterocycles. The summed E-state index contributed by atoms with van der Waals surface area (Å²) in [5, 5.41) is 4.06. The van der Waals surface area contributed by atoms with E-state index in [0.717, 1.165) is 5.56 Å². The zero-order valence-electron chi connectivity index (χ0n) is 23.3. The Hall–Kier alpha value is -5.11. The number of aryl methyl sites for hydroxylation is 1. The van der Waals surface area contributed by atoms with Crippen LogP contribution in [0.3, 0.4) is 0 Å². The van der Waals surface area contributed by atoms with Crippen molar-refractivity contribution < 1.29 is 28.5 Å². The molecule has 0 aliphatic heterocycles. The van der Waals surface area contributed by atoms with E-state index < -0.39 is 5.97 Å². The molecule has 0 saturated heterocycles. The largest absolute Gasteiger partial charge is 0.494 e. The van der Waals surface area contributed by atoms with Crippen LogP contribution in [0.1, 0.15) is 51.3 Å². The Balaban J connectivity index is 1.33. The van der Waals surface area contributed by atoms with E-state index in [0.29, 0.717) is 53.8 Å². The number of ether oxygens (including phenoxy) is 4. The summed E-state index contributed by atoms with van der Waals surface area (Å²) in [5.41, 5.74) is 6.25. The van der Waals surface area contributed by atoms with Gasteiger partial charge in [0.25, 0.3) is 5.91 Å². The third-order valence-electron chi connectivity index (χ3n) is 5.89. The molecule has 0 unspecified atom stereocenters. The third-order valence-corrected chi connectivity index (χ3v) is 5.89. The van der Waals surface area contributed by atoms with E-state index >= 15 is 0 Å². The Morgan fingerprint density at radius 3 is 2.02 bits per heavy atom. The number of carbonyl (C=O) groups excluding carboxylic acids is 2. The van der Waals surface area contributed by atoms with Gasteiger partial charge in [-0.05, 0) is 98.6 Å². The van der Waals surface area contributed by atoms with E-state index in [1.54, 1.807) is 66.7 Å². The number of nitrogens with zero attached hydrogens (tertiary/aromatic N) is 1. The van der Waals surface area contributed by atoms with Crippen molar-refractivity contribution in [3.63, 3.8) is 0 Å². The Morgan fingerprint density at radius 2 is 1.37 bits per heavy atom. The maximum Gasteiger partial charge on any atom is 0.343 e. The highest BCUT2D eigenvalue weighted by molar-refractivity contribution is 5.95. The van der Waals surface area contributed by atoms with Crippen LogP contribution in [0.25, 0.3) is 0 Å². The van der Waals surface area contributed by atoms with Gasteiger partial charge in [0.15, 0.2) is 11.5 Å². The highest BCUT2D eigenvalue weighted by Gasteiger charge is 2.14. The third kappa shape index (κ3) is 8.44. The van der Waals surface area contributed by atoms with Crippen LogP contribution in [0.5, 0.6) is 23.0 Å². The van der Waals surface area contributed by atoms with Gasteiger partial charge in [-0.2, -0.15) is 5.10 Å². The lowest BCUT2D eigenvalue weighted by molar-refractivity contribution is 0.0728. The average Bonchev–Trinajstić information content (AvgIpc) is 2.99. The molecule has 0 aliphatic carbocycles. The fourth-order valence-corrected chi connectivity index (χ4v) is 3.75. The molecule has 0 saturated carbocycles. The van der Waals surface area contributed by atoms with E-state index in [1.807, 2.05) is 45.0 Å². The Kier molecular flexibility index (Phi) is 10.1. The van der Waals surface area contributed by atoms with Gasteiger partial charge < -0.3 is 18.9 Å². The molecule has 1 N–H and O–H groups in total. The molecule has 0 spiro atoms. The molecule has 0 bridgehead atoms. The number of nitrogens with one attached hydrogen (secondary N) is 1. The molecular formula is C33H32N2O6. The molecule has 1 amide bonds. The van der Waals surface area contributed by atoms with Crippen LogP contribution in [0.15, 0.2) is 96.1 Å². The van der Waals surface area contributed by atoms with Crippen LogP contribution >= 0.6 is 0 Å². The second kappa shape index (κ2) is 14.3. The number of esters is 1. The predicted molar refractivity (Wildman–Crippen MR) is 157 cm³/mol. The lowest BCUT2D eigenvalue weighted by atomic mass is 10.2. The monoisotopic (exact) mass is 552 g/mol. The molecule has 0 atom stereocenters. The van der Waals surface area contributed by atoms with Crippen LogP contribution < -0.4 is 24.4 Å². The number of carbonyl (C=O) groups is 2. The molecule has 0 radical (unpaired) electrons. The van der Waals surface area contributed by atoms with Crippen molar-refractivity contribution in [2.45, 2.75) is 27.4 Å². The number of hydrogen-bond acceptors (Lipinski definition) is 7. The molecule has 4 aromatic rings. The molecule has 8 heteroatoms. The zero-order chi connectivity index (χ0) is 29.0. The molecule has 0 aromatic heterocycles. The van der Waals surface area contributed by atoms with E-state index in [2.05, 4.69) is 10.5 Å². The van der Waals surface area contributed by atoms with Gasteiger partial charge >= 0.3 is 5.97 Å². The summed E-state index contributed by atoms with van der Waals surface area (Å²) in [5.74, 6) is 1.11. The highest BCUT2D eigenvalue weighted by atomic mass is 16.6. The molecule has 41 heavy (non-hydrogen) atoms. The first-order valence-corrected chi connectivity index (χ1v) is 13.3. The van der Waals surface area contributed by atoms with Gasteiger partial charge in [-0.1, -0.05) is 29.8 Å². The first-order chi connectivity index (χ1) is 19.9. The van der Waals surface area contributed by atoms with Crippen molar-refractivity contribution in [3.8, 4) is 23.0 Å². The maximum atomic E-state index is 12.6. The first-order valence-electron chi connectivity index (χ1n) is 13.3. The number of hydrogen-bond donors (Lipinski definition) is 1. The van der Waals surface area contributed by atoms with Gasteiger partial charge in [0.2, 0.25) is 0 Å². The minimum absolute atomic E-state index is 0.275. The van der Waals surface area contributed by atoms with E-state index in [-0.39, 0.29) is 11.7 Å². The van der Waals surface area contributed by atoms with Gasteiger partial charge in [0.05, 0.1) is 25.0 Å². The summed E-state index contributed by atoms with van der Waals surface area (Å²) in [4.78, 5) is 25.2. The fourth-order valence-electron chi connectivity index (χ4n) is 3.75.